The maximum atomic E-state index is 16.3. The average Bonchev–Trinajstić information content (AvgIpc) is 0.755. The van der Waals surface area contributed by atoms with Crippen LogP contribution in [0.15, 0.2) is 120 Å². The quantitative estimate of drug-likeness (QED) is 0.0318. The number of hydrogen-bond acceptors (Lipinski definition) is 30. The Bertz CT molecular complexity index is 5560. The van der Waals surface area contributed by atoms with E-state index < -0.39 is 277 Å². The molecule has 0 radical (unpaired) electrons. The van der Waals surface area contributed by atoms with Crippen LogP contribution in [0.5, 0.6) is 46.0 Å². The second kappa shape index (κ2) is 40.6. The van der Waals surface area contributed by atoms with E-state index in [-0.39, 0.29) is 53.8 Å². The van der Waals surface area contributed by atoms with Crippen LogP contribution in [0.3, 0.4) is 0 Å². The van der Waals surface area contributed by atoms with Crippen molar-refractivity contribution in [1.29, 1.82) is 0 Å². The van der Waals surface area contributed by atoms with Gasteiger partial charge in [-0.15, -0.1) is 0 Å². The molecule has 8 heterocycles. The molecular weight excluding hydrogens is 1770 g/mol. The number of carbonyl (C=O) groups is 10. The highest BCUT2D eigenvalue weighted by atomic mass is 35.5. The number of hydroxylamine groups is 1. The minimum atomic E-state index is -2.42. The molecule has 7 aliphatic heterocycles. The summed E-state index contributed by atoms with van der Waals surface area (Å²) < 4.78 is 40.6. The maximum absolute atomic E-state index is 16.3. The second-order valence-corrected chi connectivity index (χ2v) is 32.8. The highest BCUT2D eigenvalue weighted by Crippen LogP contribution is 2.50. The molecule has 45 heteroatoms. The number of ether oxygens (including phenoxy) is 6. The lowest BCUT2D eigenvalue weighted by Crippen LogP contribution is -2.65. The Labute approximate surface area is 746 Å². The zero-order valence-corrected chi connectivity index (χ0v) is 71.3. The van der Waals surface area contributed by atoms with Crippen LogP contribution in [0.4, 0.5) is 5.82 Å². The normalized spacial score (nSPS) is 25.6. The first-order chi connectivity index (χ1) is 60.7. The summed E-state index contributed by atoms with van der Waals surface area (Å²) in [7, 11) is 1.46. The first-order valence-electron chi connectivity index (χ1n) is 39.6. The standard InChI is InChI=1S/C83H90Cl4N14O27/c1-33(2)20-47(90-5)74(114)98-65-67(109)37-9-13-51(45(86)23-37)124-53-25-39-26-54(71(53)128-81-72(70(112)69(111)55(31-102)126-81)127-60-30-83(4,73(113)34(3)123-60)91-17-19-101-18-16-58(94-82(101)121)93-59(108)15-7-35-6-11-43(84)44(85)21-35)125-52-14-10-38(24-46(52)87)68(110)66-79(119)97-64(80(120)100-122-32-57(89)107)42-27-40(103)28-50(105)61(42)41-22-36(8-12-49(41)104)62(76(116)99-66)96-77(117)63(39)95-75(115)48(29-56(88)106)92-78(65)118/h6-16,18,21-28,33-34,47-48,55,60,62-70,72-73,81,90-91,102-105,109-113H,17,19-20,29-32H2,1-5H3,(H2,88,106)(H2,89,107)(H,92,118)(H,95,115)(H,96,117)(H,97,119)(H,98,114)(H,99,116)(H,100,120)(H,93,94,108,121)/b15-7+/t34?,47?,48?,55?,60?,62?,63?,64-,65?,66?,67?,68?,69?,70?,72?,73?,81?,83+/m1/s1. The summed E-state index contributed by atoms with van der Waals surface area (Å²) in [6.45, 7) is 4.55. The summed E-state index contributed by atoms with van der Waals surface area (Å²) in [6, 6.07) is 4.84. The number of aromatic nitrogens is 2. The molecule has 11 bridgehead atoms. The molecule has 128 heavy (non-hydrogen) atoms. The summed E-state index contributed by atoms with van der Waals surface area (Å²) in [4.78, 5) is 167. The van der Waals surface area contributed by atoms with Crippen molar-refractivity contribution in [3.05, 3.63) is 179 Å². The largest absolute Gasteiger partial charge is 0.508 e. The Balaban J connectivity index is 0.994. The van der Waals surface area contributed by atoms with Crippen LogP contribution in [-0.4, -0.2) is 220 Å². The van der Waals surface area contributed by atoms with E-state index in [0.29, 0.717) is 10.6 Å². The summed E-state index contributed by atoms with van der Waals surface area (Å²) in [5.41, 5.74) is 8.27. The number of benzene rings is 6. The predicted octanol–water partition coefficient (Wildman–Crippen LogP) is 1.40. The number of hydrogen-bond donors (Lipinski definition) is 21. The molecule has 7 aromatic rings. The van der Waals surface area contributed by atoms with Gasteiger partial charge in [0, 0.05) is 54.5 Å². The van der Waals surface area contributed by atoms with Gasteiger partial charge in [-0.05, 0) is 145 Å². The maximum Gasteiger partial charge on any atom is 0.349 e. The topological polar surface area (TPSA) is 625 Å². The second-order valence-electron chi connectivity index (χ2n) is 31.2. The molecule has 682 valence electrons. The molecule has 2 saturated heterocycles. The van der Waals surface area contributed by atoms with E-state index in [1.165, 1.54) is 49.0 Å². The number of carbonyl (C=O) groups excluding carboxylic acids is 10. The van der Waals surface area contributed by atoms with Gasteiger partial charge in [-0.3, -0.25) is 57.4 Å². The lowest BCUT2D eigenvalue weighted by molar-refractivity contribution is -0.334. The van der Waals surface area contributed by atoms with E-state index in [4.69, 9.17) is 91.1 Å². The fourth-order valence-corrected chi connectivity index (χ4v) is 15.7. The number of nitrogens with one attached hydrogen (secondary N) is 10. The van der Waals surface area contributed by atoms with Gasteiger partial charge in [0.15, 0.2) is 30.5 Å². The van der Waals surface area contributed by atoms with Crippen molar-refractivity contribution >= 4 is 117 Å². The predicted molar refractivity (Wildman–Crippen MR) is 451 cm³/mol. The van der Waals surface area contributed by atoms with Crippen LogP contribution in [-0.2, 0) is 73.5 Å². The molecule has 6 aromatic carbocycles. The Hall–Kier alpha value is -11.9. The number of nitrogens with zero attached hydrogens (tertiary/aromatic N) is 2. The van der Waals surface area contributed by atoms with Gasteiger partial charge in [0.1, 0.15) is 101 Å². The van der Waals surface area contributed by atoms with Gasteiger partial charge in [-0.2, -0.15) is 4.98 Å². The number of phenols is 3. The molecule has 0 spiro atoms. The highest BCUT2D eigenvalue weighted by molar-refractivity contribution is 6.42. The van der Waals surface area contributed by atoms with Crippen molar-refractivity contribution in [2.75, 3.05) is 32.1 Å². The number of aliphatic hydroxyl groups excluding tert-OH is 6. The number of nitrogens with two attached hydrogens (primary N) is 2. The Morgan fingerprint density at radius 3 is 1.98 bits per heavy atom. The van der Waals surface area contributed by atoms with Crippen molar-refractivity contribution in [3.63, 3.8) is 0 Å². The van der Waals surface area contributed by atoms with Crippen LogP contribution in [0.2, 0.25) is 20.1 Å². The van der Waals surface area contributed by atoms with Crippen molar-refractivity contribution < 1.29 is 127 Å². The fourth-order valence-electron chi connectivity index (χ4n) is 15.0. The number of likely N-dealkylation sites (N-methyl/N-ethyl adjacent to an activating group) is 1. The molecule has 0 saturated carbocycles. The first kappa shape index (κ1) is 95.2. The minimum Gasteiger partial charge on any atom is -0.508 e. The molecule has 1 aromatic heterocycles. The lowest BCUT2D eigenvalue weighted by atomic mass is 9.85. The molecule has 18 atom stereocenters. The number of anilines is 1. The van der Waals surface area contributed by atoms with E-state index in [1.54, 1.807) is 39.0 Å². The minimum absolute atomic E-state index is 0.0549. The zero-order chi connectivity index (χ0) is 92.8. The van der Waals surface area contributed by atoms with Crippen LogP contribution in [0.25, 0.3) is 17.2 Å². The van der Waals surface area contributed by atoms with E-state index in [2.05, 4.69) is 52.8 Å². The van der Waals surface area contributed by atoms with Gasteiger partial charge in [0.05, 0.1) is 51.4 Å². The lowest BCUT2D eigenvalue weighted by Gasteiger charge is -2.48. The zero-order valence-electron chi connectivity index (χ0n) is 68.3. The molecule has 0 aliphatic carbocycles. The molecule has 10 amide bonds. The smallest absolute Gasteiger partial charge is 0.349 e. The van der Waals surface area contributed by atoms with Gasteiger partial charge in [0.2, 0.25) is 65.2 Å². The van der Waals surface area contributed by atoms with Gasteiger partial charge < -0.3 is 134 Å². The van der Waals surface area contributed by atoms with E-state index >= 15 is 24.0 Å². The van der Waals surface area contributed by atoms with Crippen LogP contribution < -0.4 is 84.7 Å². The molecule has 41 nitrogen and oxygen atoms in total. The van der Waals surface area contributed by atoms with Gasteiger partial charge in [-0.25, -0.2) is 10.3 Å². The molecule has 2 fully saturated rings. The number of fused-ring (bicyclic) bond motifs is 15. The fraction of sp³-hybridized carbons (Fsp3) is 0.373. The molecule has 16 unspecified atom stereocenters. The number of aliphatic hydroxyl groups is 6. The summed E-state index contributed by atoms with van der Waals surface area (Å²) in [5, 5.41) is 130. The van der Waals surface area contributed by atoms with Gasteiger partial charge >= 0.3 is 5.69 Å². The third-order valence-electron chi connectivity index (χ3n) is 21.5. The van der Waals surface area contributed by atoms with Crippen molar-refractivity contribution in [3.8, 4) is 57.1 Å². The summed E-state index contributed by atoms with van der Waals surface area (Å²) in [6.07, 6.45) is -15.8. The highest BCUT2D eigenvalue weighted by Gasteiger charge is 2.52. The third-order valence-corrected chi connectivity index (χ3v) is 22.8. The molecule has 7 aliphatic rings. The van der Waals surface area contributed by atoms with E-state index in [0.717, 1.165) is 72.8 Å². The monoisotopic (exact) mass is 1850 g/mol. The number of halogens is 4. The van der Waals surface area contributed by atoms with E-state index in [1.807, 2.05) is 5.48 Å². The average molecular weight is 1860 g/mol. The molecule has 14 rings (SSSR count). The number of primary amides is 2. The third kappa shape index (κ3) is 21.9. The van der Waals surface area contributed by atoms with Crippen LogP contribution in [0, 0.1) is 5.92 Å². The summed E-state index contributed by atoms with van der Waals surface area (Å²) in [5.74, 6) is -18.0. The Kier molecular flexibility index (Phi) is 30.2. The summed E-state index contributed by atoms with van der Waals surface area (Å²) >= 11 is 26.5. The number of aromatic hydroxyl groups is 3. The Morgan fingerprint density at radius 1 is 0.695 bits per heavy atom. The van der Waals surface area contributed by atoms with Gasteiger partial charge in [-0.1, -0.05) is 84.5 Å². The van der Waals surface area contributed by atoms with Crippen molar-refractivity contribution in [2.45, 2.75) is 163 Å². The number of rotatable bonds is 23. The number of phenolic OH excluding ortho intramolecular Hbond substituents is 3. The van der Waals surface area contributed by atoms with Crippen molar-refractivity contribution in [2.24, 2.45) is 17.4 Å². The van der Waals surface area contributed by atoms with Crippen LogP contribution >= 0.6 is 46.4 Å². The first-order valence-corrected chi connectivity index (χ1v) is 41.1. The van der Waals surface area contributed by atoms with Gasteiger partial charge in [0.25, 0.3) is 5.91 Å². The van der Waals surface area contributed by atoms with Crippen LogP contribution in [0.1, 0.15) is 111 Å². The molecular formula is C83H90Cl4N14O27. The number of amides is 10. The Morgan fingerprint density at radius 2 is 1.35 bits per heavy atom. The SMILES string of the molecule is CNC(CC(C)C)C(=O)NC1C(=O)NC(CC(N)=O)C(=O)NC2C(=O)NC3C(=O)NC(C(=O)N[C@@H](C(=O)NOCC(N)=O)c4cc(O)cc(O)c4-c4cc3ccc4O)C(O)c3ccc(c(Cl)c3)Oc3cc2cc(c3OC2OC(CO)C(O)C(O)C2OC2C[C@](C)(NCCn3ccc(NC(=O)/C=C/c4ccc(Cl)c(Cl)c4)nc3=O)C(O)C(C)O2)Oc2ccc(cc2Cl)C1O. The van der Waals surface area contributed by atoms with E-state index in [9.17, 15) is 74.7 Å². The molecule has 23 N–H and O–H groups in total. The van der Waals surface area contributed by atoms with Crippen molar-refractivity contribution in [1.82, 2.24) is 57.6 Å².